The number of hydrogen-bond acceptors (Lipinski definition) is 0. The number of benzene rings is 2. The summed E-state index contributed by atoms with van der Waals surface area (Å²) in [6.45, 7) is 0. The lowest BCUT2D eigenvalue weighted by molar-refractivity contribution is 1.68. The zero-order chi connectivity index (χ0) is 11.4. The van der Waals surface area contributed by atoms with Gasteiger partial charge in [-0.15, -0.1) is 0 Å². The van der Waals surface area contributed by atoms with Crippen LogP contribution in [0, 0.1) is 0 Å². The van der Waals surface area contributed by atoms with Gasteiger partial charge in [0.15, 0.2) is 0 Å². The van der Waals surface area contributed by atoms with Crippen LogP contribution in [0.3, 0.4) is 0 Å². The zero-order valence-corrected chi connectivity index (χ0v) is 11.4. The molecule has 0 unspecified atom stereocenters. The summed E-state index contributed by atoms with van der Waals surface area (Å²) in [7, 11) is -1.52. The Kier molecular flexibility index (Phi) is 4.05. The lowest BCUT2D eigenvalue weighted by atomic mass is 10.0. The van der Waals surface area contributed by atoms with Crippen LogP contribution in [0.15, 0.2) is 48.5 Å². The molecule has 0 heterocycles. The van der Waals surface area contributed by atoms with E-state index >= 15 is 0 Å². The molecule has 82 valence electrons. The molecule has 0 N–H and O–H groups in total. The molecule has 0 aliphatic heterocycles. The second-order valence-corrected chi connectivity index (χ2v) is 8.68. The van der Waals surface area contributed by atoms with Crippen LogP contribution in [0.5, 0.6) is 0 Å². The first-order chi connectivity index (χ1) is 7.77. The standard InChI is InChI=1S/C13H12Cl2Si/c14-16(15)10-4-8-12-7-3-6-11-5-1-2-9-13(11)12/h1-9,16H,10H2. The smallest absolute Gasteiger partial charge is 0.150 e. The summed E-state index contributed by atoms with van der Waals surface area (Å²) in [5, 5.41) is 2.53. The molecule has 2 aromatic rings. The van der Waals surface area contributed by atoms with Gasteiger partial charge >= 0.3 is 0 Å². The van der Waals surface area contributed by atoms with Crippen LogP contribution in [0.2, 0.25) is 6.04 Å². The quantitative estimate of drug-likeness (QED) is 0.565. The molecule has 2 rings (SSSR count). The van der Waals surface area contributed by atoms with Crippen LogP contribution in [0.4, 0.5) is 0 Å². The molecule has 0 atom stereocenters. The van der Waals surface area contributed by atoms with Gasteiger partial charge in [0.25, 0.3) is 0 Å². The molecule has 0 spiro atoms. The van der Waals surface area contributed by atoms with Crippen LogP contribution >= 0.6 is 22.2 Å². The molecule has 0 aliphatic rings. The van der Waals surface area contributed by atoms with Gasteiger partial charge < -0.3 is 0 Å². The third kappa shape index (κ3) is 2.88. The van der Waals surface area contributed by atoms with E-state index in [2.05, 4.69) is 54.6 Å². The number of fused-ring (bicyclic) bond motifs is 1. The minimum atomic E-state index is -1.52. The number of halogens is 2. The van der Waals surface area contributed by atoms with E-state index in [0.29, 0.717) is 0 Å². The maximum atomic E-state index is 5.82. The van der Waals surface area contributed by atoms with E-state index in [0.717, 1.165) is 6.04 Å². The van der Waals surface area contributed by atoms with E-state index in [1.165, 1.54) is 16.3 Å². The molecule has 0 saturated carbocycles. The Hall–Kier alpha value is -0.763. The number of hydrogen-bond donors (Lipinski definition) is 0. The molecule has 0 saturated heterocycles. The average molecular weight is 267 g/mol. The number of allylic oxidation sites excluding steroid dienone is 1. The fraction of sp³-hybridized carbons (Fsp3) is 0.0769. The molecule has 0 aromatic heterocycles. The van der Waals surface area contributed by atoms with Crippen molar-refractivity contribution in [1.29, 1.82) is 0 Å². The zero-order valence-electron chi connectivity index (χ0n) is 8.74. The van der Waals surface area contributed by atoms with E-state index in [1.807, 2.05) is 0 Å². The van der Waals surface area contributed by atoms with Gasteiger partial charge in [-0.05, 0) is 22.4 Å². The molecule has 0 aliphatic carbocycles. The van der Waals surface area contributed by atoms with Gasteiger partial charge in [0.05, 0.1) is 0 Å². The second kappa shape index (κ2) is 5.53. The molecule has 0 nitrogen and oxygen atoms in total. The van der Waals surface area contributed by atoms with Crippen molar-refractivity contribution in [3.63, 3.8) is 0 Å². The van der Waals surface area contributed by atoms with E-state index in [9.17, 15) is 0 Å². The first-order valence-electron chi connectivity index (χ1n) is 5.20. The molecule has 0 amide bonds. The van der Waals surface area contributed by atoms with Crippen molar-refractivity contribution < 1.29 is 0 Å². The second-order valence-electron chi connectivity index (χ2n) is 3.60. The maximum absolute atomic E-state index is 5.82. The third-order valence-electron chi connectivity index (χ3n) is 2.44. The molecule has 0 fully saturated rings. The van der Waals surface area contributed by atoms with Crippen LogP contribution in [-0.4, -0.2) is 7.42 Å². The SMILES string of the molecule is Cl[SiH](Cl)CC=Cc1cccc2ccccc12. The van der Waals surface area contributed by atoms with Gasteiger partial charge in [-0.25, -0.2) is 0 Å². The largest absolute Gasteiger partial charge is 0.240 e. The monoisotopic (exact) mass is 266 g/mol. The Labute approximate surface area is 107 Å². The Morgan fingerprint density at radius 2 is 1.75 bits per heavy atom. The lowest BCUT2D eigenvalue weighted by Gasteiger charge is -2.01. The summed E-state index contributed by atoms with van der Waals surface area (Å²) in [4.78, 5) is 0. The fourth-order valence-corrected chi connectivity index (χ4v) is 2.65. The van der Waals surface area contributed by atoms with Crippen molar-refractivity contribution in [3.05, 3.63) is 54.1 Å². The van der Waals surface area contributed by atoms with Crippen LogP contribution < -0.4 is 0 Å². The minimum absolute atomic E-state index is 0.812. The van der Waals surface area contributed by atoms with Crippen molar-refractivity contribution in [3.8, 4) is 0 Å². The van der Waals surface area contributed by atoms with Gasteiger partial charge in [-0.1, -0.05) is 54.6 Å². The van der Waals surface area contributed by atoms with Gasteiger partial charge in [0.1, 0.15) is 0 Å². The fourth-order valence-electron chi connectivity index (χ4n) is 1.69. The van der Waals surface area contributed by atoms with Crippen molar-refractivity contribution in [2.45, 2.75) is 6.04 Å². The van der Waals surface area contributed by atoms with Crippen molar-refractivity contribution in [2.24, 2.45) is 0 Å². The average Bonchev–Trinajstić information content (AvgIpc) is 2.29. The highest BCUT2D eigenvalue weighted by atomic mass is 35.7. The third-order valence-corrected chi connectivity index (χ3v) is 4.13. The Bertz CT molecular complexity index is 501. The topological polar surface area (TPSA) is 0 Å². The van der Waals surface area contributed by atoms with E-state index in [4.69, 9.17) is 22.2 Å². The van der Waals surface area contributed by atoms with Crippen LogP contribution in [0.25, 0.3) is 16.8 Å². The van der Waals surface area contributed by atoms with E-state index < -0.39 is 7.42 Å². The van der Waals surface area contributed by atoms with E-state index in [-0.39, 0.29) is 0 Å². The van der Waals surface area contributed by atoms with Gasteiger partial charge in [-0.2, -0.15) is 22.2 Å². The molecular formula is C13H12Cl2Si. The molecule has 2 aromatic carbocycles. The predicted molar refractivity (Wildman–Crippen MR) is 76.6 cm³/mol. The van der Waals surface area contributed by atoms with Gasteiger partial charge in [0, 0.05) is 0 Å². The molecular weight excluding hydrogens is 255 g/mol. The van der Waals surface area contributed by atoms with E-state index in [1.54, 1.807) is 0 Å². The Morgan fingerprint density at radius 1 is 1.00 bits per heavy atom. The summed E-state index contributed by atoms with van der Waals surface area (Å²) in [6, 6.07) is 15.5. The molecule has 0 bridgehead atoms. The van der Waals surface area contributed by atoms with Gasteiger partial charge in [0.2, 0.25) is 7.42 Å². The maximum Gasteiger partial charge on any atom is 0.240 e. The highest BCUT2D eigenvalue weighted by Gasteiger charge is 1.98. The first kappa shape index (κ1) is 11.7. The summed E-state index contributed by atoms with van der Waals surface area (Å²) < 4.78 is 0. The summed E-state index contributed by atoms with van der Waals surface area (Å²) in [6.07, 6.45) is 4.17. The van der Waals surface area contributed by atoms with Crippen molar-refractivity contribution in [2.75, 3.05) is 0 Å². The Morgan fingerprint density at radius 3 is 2.56 bits per heavy atom. The summed E-state index contributed by atoms with van der Waals surface area (Å²) in [5.74, 6) is 0. The van der Waals surface area contributed by atoms with Crippen molar-refractivity contribution in [1.82, 2.24) is 0 Å². The summed E-state index contributed by atoms with van der Waals surface area (Å²) >= 11 is 11.6. The highest BCUT2D eigenvalue weighted by molar-refractivity contribution is 7.33. The minimum Gasteiger partial charge on any atom is -0.150 e. The normalized spacial score (nSPS) is 11.7. The summed E-state index contributed by atoms with van der Waals surface area (Å²) in [5.41, 5.74) is 1.22. The molecule has 16 heavy (non-hydrogen) atoms. The predicted octanol–water partition coefficient (Wildman–Crippen LogP) is 4.55. The Balaban J connectivity index is 2.34. The van der Waals surface area contributed by atoms with Crippen molar-refractivity contribution >= 4 is 46.4 Å². The molecule has 3 heteroatoms. The lowest BCUT2D eigenvalue weighted by Crippen LogP contribution is -1.86. The first-order valence-corrected chi connectivity index (χ1v) is 9.50. The van der Waals surface area contributed by atoms with Gasteiger partial charge in [-0.3, -0.25) is 0 Å². The highest BCUT2D eigenvalue weighted by Crippen LogP contribution is 2.20. The van der Waals surface area contributed by atoms with Crippen LogP contribution in [0.1, 0.15) is 5.56 Å². The molecule has 0 radical (unpaired) electrons. The van der Waals surface area contributed by atoms with Crippen LogP contribution in [-0.2, 0) is 0 Å². The number of rotatable bonds is 3.